The van der Waals surface area contributed by atoms with E-state index in [0.717, 1.165) is 42.9 Å². The van der Waals surface area contributed by atoms with Gasteiger partial charge in [0.05, 0.1) is 17.6 Å². The van der Waals surface area contributed by atoms with Crippen LogP contribution in [0.5, 0.6) is 0 Å². The lowest BCUT2D eigenvalue weighted by molar-refractivity contribution is -0.141. The Morgan fingerprint density at radius 3 is 2.78 bits per heavy atom. The van der Waals surface area contributed by atoms with Gasteiger partial charge in [0.2, 0.25) is 0 Å². The van der Waals surface area contributed by atoms with Crippen molar-refractivity contribution in [3.05, 3.63) is 47.8 Å². The van der Waals surface area contributed by atoms with Crippen molar-refractivity contribution in [2.24, 2.45) is 0 Å². The molecule has 0 spiro atoms. The third kappa shape index (κ3) is 6.56. The topological polar surface area (TPSA) is 100 Å². The number of pyridine rings is 1. The number of hydrogen-bond acceptors (Lipinski definition) is 6. The van der Waals surface area contributed by atoms with Crippen LogP contribution in [0, 0.1) is 6.92 Å². The largest absolute Gasteiger partial charge is 0.383 e. The number of aliphatic hydroxyl groups is 1. The first kappa shape index (κ1) is 24.3. The van der Waals surface area contributed by atoms with Crippen LogP contribution < -0.4 is 5.32 Å². The zero-order valence-corrected chi connectivity index (χ0v) is 19.7. The van der Waals surface area contributed by atoms with Gasteiger partial charge < -0.3 is 19.9 Å². The minimum absolute atomic E-state index is 0.107. The molecule has 2 amide bonds. The first-order chi connectivity index (χ1) is 15.5. The summed E-state index contributed by atoms with van der Waals surface area (Å²) in [6.45, 7) is 4.44. The zero-order valence-electron chi connectivity index (χ0n) is 18.9. The molecule has 0 saturated carbocycles. The van der Waals surface area contributed by atoms with E-state index in [-0.39, 0.29) is 17.7 Å². The SMILES string of the molecule is CSCCC(O)C(=O)N1CCC(c2nc(C)ccc2C(=O)NCCCn2ccnc2)CC1. The molecule has 1 aliphatic heterocycles. The molecular formula is C23H33N5O3S. The second kappa shape index (κ2) is 12.0. The van der Waals surface area contributed by atoms with Gasteiger partial charge in [0.1, 0.15) is 6.10 Å². The number of carbonyl (C=O) groups is 2. The smallest absolute Gasteiger partial charge is 0.253 e. The summed E-state index contributed by atoms with van der Waals surface area (Å²) in [6.07, 6.45) is 9.21. The molecule has 1 atom stereocenters. The molecule has 1 unspecified atom stereocenters. The molecule has 2 N–H and O–H groups in total. The molecule has 0 aromatic carbocycles. The lowest BCUT2D eigenvalue weighted by atomic mass is 9.89. The summed E-state index contributed by atoms with van der Waals surface area (Å²) in [5.41, 5.74) is 2.30. The van der Waals surface area contributed by atoms with Gasteiger partial charge in [-0.25, -0.2) is 4.98 Å². The molecule has 9 heteroatoms. The molecule has 8 nitrogen and oxygen atoms in total. The van der Waals surface area contributed by atoms with Crippen LogP contribution in [-0.2, 0) is 11.3 Å². The Morgan fingerprint density at radius 1 is 1.31 bits per heavy atom. The predicted octanol–water partition coefficient (Wildman–Crippen LogP) is 2.23. The van der Waals surface area contributed by atoms with E-state index < -0.39 is 6.10 Å². The Labute approximate surface area is 193 Å². The number of rotatable bonds is 10. The molecule has 174 valence electrons. The first-order valence-electron chi connectivity index (χ1n) is 11.2. The van der Waals surface area contributed by atoms with Crippen molar-refractivity contribution in [2.45, 2.75) is 51.2 Å². The van der Waals surface area contributed by atoms with E-state index in [9.17, 15) is 14.7 Å². The quantitative estimate of drug-likeness (QED) is 0.529. The Balaban J connectivity index is 1.56. The summed E-state index contributed by atoms with van der Waals surface area (Å²) in [6, 6.07) is 3.72. The van der Waals surface area contributed by atoms with Crippen LogP contribution in [0.2, 0.25) is 0 Å². The third-order valence-corrected chi connectivity index (χ3v) is 6.46. The van der Waals surface area contributed by atoms with Crippen molar-refractivity contribution in [1.82, 2.24) is 24.8 Å². The number of aryl methyl sites for hydroxylation is 2. The van der Waals surface area contributed by atoms with Crippen LogP contribution in [0.1, 0.15) is 53.3 Å². The number of thioether (sulfide) groups is 1. The van der Waals surface area contributed by atoms with E-state index in [1.54, 1.807) is 29.2 Å². The number of carbonyl (C=O) groups excluding carboxylic acids is 2. The Hall–Kier alpha value is -2.39. The molecule has 1 aliphatic rings. The normalized spacial score (nSPS) is 15.5. The molecule has 32 heavy (non-hydrogen) atoms. The number of nitrogens with one attached hydrogen (secondary N) is 1. The average Bonchev–Trinajstić information content (AvgIpc) is 3.33. The van der Waals surface area contributed by atoms with Gasteiger partial charge in [0.25, 0.3) is 11.8 Å². The van der Waals surface area contributed by atoms with Crippen LogP contribution in [0.15, 0.2) is 30.9 Å². The van der Waals surface area contributed by atoms with Gasteiger partial charge in [0.15, 0.2) is 0 Å². The van der Waals surface area contributed by atoms with Crippen molar-refractivity contribution < 1.29 is 14.7 Å². The maximum absolute atomic E-state index is 12.9. The number of aliphatic hydroxyl groups excluding tert-OH is 1. The van der Waals surface area contributed by atoms with Gasteiger partial charge in [-0.15, -0.1) is 0 Å². The van der Waals surface area contributed by atoms with E-state index in [1.165, 1.54) is 0 Å². The fraction of sp³-hybridized carbons (Fsp3) is 0.565. The molecular weight excluding hydrogens is 426 g/mol. The van der Waals surface area contributed by atoms with E-state index in [1.807, 2.05) is 36.1 Å². The maximum atomic E-state index is 12.9. The highest BCUT2D eigenvalue weighted by Crippen LogP contribution is 2.30. The molecule has 3 rings (SSSR count). The standard InChI is InChI=1S/C23H33N5O3S/c1-17-4-5-19(22(30)25-9-3-11-27-14-10-24-16-27)21(26-17)18-6-12-28(13-7-18)23(31)20(29)8-15-32-2/h4-5,10,14,16,18,20,29H,3,6-9,11-13,15H2,1-2H3,(H,25,30). The minimum Gasteiger partial charge on any atom is -0.383 e. The Kier molecular flexibility index (Phi) is 9.11. The molecule has 0 aliphatic carbocycles. The lowest BCUT2D eigenvalue weighted by Crippen LogP contribution is -2.44. The summed E-state index contributed by atoms with van der Waals surface area (Å²) in [7, 11) is 0. The summed E-state index contributed by atoms with van der Waals surface area (Å²) >= 11 is 1.62. The fourth-order valence-electron chi connectivity index (χ4n) is 3.99. The highest BCUT2D eigenvalue weighted by molar-refractivity contribution is 7.98. The van der Waals surface area contributed by atoms with Gasteiger partial charge >= 0.3 is 0 Å². The number of piperidine rings is 1. The summed E-state index contributed by atoms with van der Waals surface area (Å²) < 4.78 is 1.98. The van der Waals surface area contributed by atoms with Crippen molar-refractivity contribution in [1.29, 1.82) is 0 Å². The van der Waals surface area contributed by atoms with E-state index in [4.69, 9.17) is 4.98 Å². The second-order valence-corrected chi connectivity index (χ2v) is 9.18. The van der Waals surface area contributed by atoms with Crippen LogP contribution in [0.4, 0.5) is 0 Å². The number of imidazole rings is 1. The molecule has 1 fully saturated rings. The lowest BCUT2D eigenvalue weighted by Gasteiger charge is -2.33. The molecule has 1 saturated heterocycles. The molecule has 0 radical (unpaired) electrons. The molecule has 3 heterocycles. The van der Waals surface area contributed by atoms with Gasteiger partial charge in [0, 0.05) is 50.2 Å². The number of aromatic nitrogens is 3. The van der Waals surface area contributed by atoms with Gasteiger partial charge in [-0.1, -0.05) is 0 Å². The van der Waals surface area contributed by atoms with Gasteiger partial charge in [-0.2, -0.15) is 11.8 Å². The van der Waals surface area contributed by atoms with Crippen LogP contribution in [-0.4, -0.2) is 74.1 Å². The van der Waals surface area contributed by atoms with Crippen LogP contribution in [0.3, 0.4) is 0 Å². The molecule has 0 bridgehead atoms. The average molecular weight is 460 g/mol. The van der Waals surface area contributed by atoms with Crippen LogP contribution >= 0.6 is 11.8 Å². The fourth-order valence-corrected chi connectivity index (χ4v) is 4.45. The molecule has 2 aromatic rings. The summed E-state index contributed by atoms with van der Waals surface area (Å²) in [5.74, 6) is 0.584. The van der Waals surface area contributed by atoms with Gasteiger partial charge in [-0.05, 0) is 56.7 Å². The zero-order chi connectivity index (χ0) is 22.9. The minimum atomic E-state index is -0.931. The highest BCUT2D eigenvalue weighted by Gasteiger charge is 2.30. The van der Waals surface area contributed by atoms with Crippen LogP contribution in [0.25, 0.3) is 0 Å². The predicted molar refractivity (Wildman–Crippen MR) is 126 cm³/mol. The van der Waals surface area contributed by atoms with Crippen molar-refractivity contribution in [3.8, 4) is 0 Å². The number of likely N-dealkylation sites (tertiary alicyclic amines) is 1. The summed E-state index contributed by atoms with van der Waals surface area (Å²) in [5, 5.41) is 13.1. The third-order valence-electron chi connectivity index (χ3n) is 5.82. The Morgan fingerprint density at radius 2 is 2.09 bits per heavy atom. The van der Waals surface area contributed by atoms with Crippen molar-refractivity contribution in [3.63, 3.8) is 0 Å². The number of hydrogen-bond donors (Lipinski definition) is 2. The van der Waals surface area contributed by atoms with Crippen molar-refractivity contribution in [2.75, 3.05) is 31.6 Å². The number of amides is 2. The summed E-state index contributed by atoms with van der Waals surface area (Å²) in [4.78, 5) is 35.8. The maximum Gasteiger partial charge on any atom is 0.253 e. The van der Waals surface area contributed by atoms with E-state index in [2.05, 4.69) is 10.3 Å². The molecule has 2 aromatic heterocycles. The van der Waals surface area contributed by atoms with E-state index in [0.29, 0.717) is 31.6 Å². The van der Waals surface area contributed by atoms with Gasteiger partial charge in [-0.3, -0.25) is 14.6 Å². The monoisotopic (exact) mass is 459 g/mol. The first-order valence-corrected chi connectivity index (χ1v) is 12.6. The number of nitrogens with zero attached hydrogens (tertiary/aromatic N) is 4. The van der Waals surface area contributed by atoms with E-state index >= 15 is 0 Å². The van der Waals surface area contributed by atoms with Crippen molar-refractivity contribution >= 4 is 23.6 Å². The second-order valence-electron chi connectivity index (χ2n) is 8.19. The highest BCUT2D eigenvalue weighted by atomic mass is 32.2. The Bertz CT molecular complexity index is 882.